The molecule has 4 rings (SSSR count). The zero-order chi connectivity index (χ0) is 29.0. The SMILES string of the molecule is CC(C)CCC[C@@H](C)[C@H]1CC[C@H]2[C@@H]3CC=C4C[C@@H](OC(=O)O)CC[C@]4(C)[C@H]3CC[C@]12C.O=C(O)CCC(=O)O. The van der Waals surface area contributed by atoms with E-state index in [1.165, 1.54) is 56.9 Å². The standard InChI is InChI=1S/C28H46O3.C4H6O4/c1-18(2)7-6-8-19(3)23-11-12-24-22-10-9-20-17-21(31-26(29)30)13-15-27(20,4)25(22)14-16-28(23,24)5;5-3(6)1-2-4(7)8/h9,18-19,21-25H,6-8,10-17H2,1-5H3,(H,29,30);1-2H2,(H,5,6)(H,7,8)/t19-,21+,22+,23-,24+,25+,27+,28-;/m1./s1. The molecule has 4 aliphatic rings. The van der Waals surface area contributed by atoms with Gasteiger partial charge >= 0.3 is 18.1 Å². The molecule has 0 bridgehead atoms. The van der Waals surface area contributed by atoms with Gasteiger partial charge in [0.15, 0.2) is 0 Å². The Bertz CT molecular complexity index is 896. The second-order valence-electron chi connectivity index (χ2n) is 13.8. The number of ether oxygens (including phenoxy) is 1. The fourth-order valence-corrected chi connectivity index (χ4v) is 9.11. The summed E-state index contributed by atoms with van der Waals surface area (Å²) in [5, 5.41) is 24.9. The molecule has 0 unspecified atom stereocenters. The van der Waals surface area contributed by atoms with Gasteiger partial charge in [0.2, 0.25) is 0 Å². The van der Waals surface area contributed by atoms with Gasteiger partial charge in [-0.3, -0.25) is 9.59 Å². The zero-order valence-corrected chi connectivity index (χ0v) is 24.8. The number of hydrogen-bond acceptors (Lipinski definition) is 4. The number of aliphatic carboxylic acids is 2. The topological polar surface area (TPSA) is 121 Å². The first-order valence-electron chi connectivity index (χ1n) is 15.3. The van der Waals surface area contributed by atoms with Crippen molar-refractivity contribution in [2.24, 2.45) is 46.3 Å². The Morgan fingerprint density at radius 2 is 1.59 bits per heavy atom. The van der Waals surface area contributed by atoms with Gasteiger partial charge in [-0.25, -0.2) is 4.79 Å². The molecular formula is C32H52O7. The molecule has 222 valence electrons. The van der Waals surface area contributed by atoms with Gasteiger partial charge in [-0.15, -0.1) is 0 Å². The van der Waals surface area contributed by atoms with Crippen molar-refractivity contribution in [3.05, 3.63) is 11.6 Å². The number of carboxylic acid groups (broad SMARTS) is 3. The van der Waals surface area contributed by atoms with Crippen LogP contribution in [0, 0.1) is 46.3 Å². The van der Waals surface area contributed by atoms with E-state index in [2.05, 4.69) is 40.7 Å². The molecule has 8 atom stereocenters. The number of allylic oxidation sites excluding steroid dienone is 1. The van der Waals surface area contributed by atoms with E-state index in [1.807, 2.05) is 0 Å². The second kappa shape index (κ2) is 13.1. The molecule has 0 radical (unpaired) electrons. The lowest BCUT2D eigenvalue weighted by Crippen LogP contribution is -2.51. The Labute approximate surface area is 234 Å². The summed E-state index contributed by atoms with van der Waals surface area (Å²) in [6.07, 6.45) is 14.5. The van der Waals surface area contributed by atoms with Gasteiger partial charge in [0.25, 0.3) is 0 Å². The molecule has 0 aromatic carbocycles. The van der Waals surface area contributed by atoms with Crippen LogP contribution in [0.4, 0.5) is 4.79 Å². The fraction of sp³-hybridized carbons (Fsp3) is 0.844. The van der Waals surface area contributed by atoms with Crippen LogP contribution < -0.4 is 0 Å². The Morgan fingerprint density at radius 1 is 0.923 bits per heavy atom. The Morgan fingerprint density at radius 3 is 2.18 bits per heavy atom. The molecule has 7 nitrogen and oxygen atoms in total. The normalized spacial score (nSPS) is 35.8. The molecule has 0 amide bonds. The molecule has 3 saturated carbocycles. The van der Waals surface area contributed by atoms with Gasteiger partial charge in [-0.1, -0.05) is 65.5 Å². The molecule has 0 aliphatic heterocycles. The highest BCUT2D eigenvalue weighted by atomic mass is 16.7. The number of rotatable bonds is 9. The first kappa shape index (κ1) is 31.5. The molecule has 0 aromatic rings. The average Bonchev–Trinajstić information content (AvgIpc) is 3.20. The maximum absolute atomic E-state index is 11.0. The van der Waals surface area contributed by atoms with Crippen LogP contribution in [0.3, 0.4) is 0 Å². The summed E-state index contributed by atoms with van der Waals surface area (Å²) in [7, 11) is 0. The van der Waals surface area contributed by atoms with Crippen LogP contribution in [-0.2, 0) is 14.3 Å². The van der Waals surface area contributed by atoms with Crippen molar-refractivity contribution in [2.75, 3.05) is 0 Å². The summed E-state index contributed by atoms with van der Waals surface area (Å²) in [5.41, 5.74) is 2.30. The van der Waals surface area contributed by atoms with Gasteiger partial charge in [0, 0.05) is 6.42 Å². The highest BCUT2D eigenvalue weighted by Gasteiger charge is 2.59. The van der Waals surface area contributed by atoms with Crippen LogP contribution in [0.15, 0.2) is 11.6 Å². The molecule has 0 spiro atoms. The minimum atomic E-state index is -1.11. The van der Waals surface area contributed by atoms with Crippen molar-refractivity contribution in [2.45, 2.75) is 124 Å². The van der Waals surface area contributed by atoms with Crippen LogP contribution in [0.2, 0.25) is 0 Å². The van der Waals surface area contributed by atoms with Crippen LogP contribution in [-0.4, -0.2) is 39.5 Å². The lowest BCUT2D eigenvalue weighted by Gasteiger charge is -2.58. The number of fused-ring (bicyclic) bond motifs is 5. The van der Waals surface area contributed by atoms with Crippen molar-refractivity contribution in [3.8, 4) is 0 Å². The van der Waals surface area contributed by atoms with E-state index in [9.17, 15) is 14.4 Å². The first-order chi connectivity index (χ1) is 18.3. The maximum atomic E-state index is 11.0. The first-order valence-corrected chi connectivity index (χ1v) is 15.3. The van der Waals surface area contributed by atoms with E-state index in [0.717, 1.165) is 54.8 Å². The smallest absolute Gasteiger partial charge is 0.481 e. The molecule has 7 heteroatoms. The van der Waals surface area contributed by atoms with Crippen LogP contribution >= 0.6 is 0 Å². The van der Waals surface area contributed by atoms with Crippen molar-refractivity contribution in [1.82, 2.24) is 0 Å². The van der Waals surface area contributed by atoms with Gasteiger partial charge in [0.05, 0.1) is 12.8 Å². The summed E-state index contributed by atoms with van der Waals surface area (Å²) >= 11 is 0. The highest BCUT2D eigenvalue weighted by Crippen LogP contribution is 2.67. The average molecular weight is 549 g/mol. The maximum Gasteiger partial charge on any atom is 0.506 e. The second-order valence-corrected chi connectivity index (χ2v) is 13.8. The van der Waals surface area contributed by atoms with Crippen LogP contribution in [0.25, 0.3) is 0 Å². The van der Waals surface area contributed by atoms with Gasteiger partial charge in [0.1, 0.15) is 6.10 Å². The van der Waals surface area contributed by atoms with Gasteiger partial charge < -0.3 is 20.1 Å². The van der Waals surface area contributed by atoms with Crippen molar-refractivity contribution in [3.63, 3.8) is 0 Å². The molecule has 0 heterocycles. The van der Waals surface area contributed by atoms with E-state index in [1.54, 1.807) is 0 Å². The van der Waals surface area contributed by atoms with Gasteiger partial charge in [-0.05, 0) is 91.3 Å². The third-order valence-corrected chi connectivity index (χ3v) is 11.1. The lowest BCUT2D eigenvalue weighted by molar-refractivity contribution is -0.143. The Balaban J connectivity index is 0.000000459. The van der Waals surface area contributed by atoms with Crippen molar-refractivity contribution >= 4 is 18.1 Å². The highest BCUT2D eigenvalue weighted by molar-refractivity contribution is 5.75. The third-order valence-electron chi connectivity index (χ3n) is 11.1. The molecule has 0 saturated heterocycles. The van der Waals surface area contributed by atoms with E-state index in [4.69, 9.17) is 20.1 Å². The Kier molecular flexibility index (Phi) is 10.6. The summed E-state index contributed by atoms with van der Waals surface area (Å²) in [4.78, 5) is 30.3. The molecule has 3 N–H and O–H groups in total. The lowest BCUT2D eigenvalue weighted by atomic mass is 9.47. The molecule has 39 heavy (non-hydrogen) atoms. The predicted molar refractivity (Wildman–Crippen MR) is 150 cm³/mol. The van der Waals surface area contributed by atoms with E-state index < -0.39 is 18.1 Å². The third kappa shape index (κ3) is 7.38. The largest absolute Gasteiger partial charge is 0.506 e. The quantitative estimate of drug-likeness (QED) is 0.197. The van der Waals surface area contributed by atoms with E-state index >= 15 is 0 Å². The summed E-state index contributed by atoms with van der Waals surface area (Å²) in [6, 6.07) is 0. The summed E-state index contributed by atoms with van der Waals surface area (Å²) in [6.45, 7) is 12.4. The van der Waals surface area contributed by atoms with Crippen LogP contribution in [0.5, 0.6) is 0 Å². The minimum absolute atomic E-state index is 0.134. The van der Waals surface area contributed by atoms with Crippen molar-refractivity contribution < 1.29 is 34.4 Å². The molecular weight excluding hydrogens is 496 g/mol. The number of carboxylic acids is 2. The molecule has 3 fully saturated rings. The van der Waals surface area contributed by atoms with E-state index in [0.29, 0.717) is 5.41 Å². The molecule has 4 aliphatic carbocycles. The molecule has 0 aromatic heterocycles. The summed E-state index contributed by atoms with van der Waals surface area (Å²) < 4.78 is 5.17. The van der Waals surface area contributed by atoms with Gasteiger partial charge in [-0.2, -0.15) is 0 Å². The Hall–Kier alpha value is -2.05. The predicted octanol–water partition coefficient (Wildman–Crippen LogP) is 8.03. The van der Waals surface area contributed by atoms with Crippen LogP contribution in [0.1, 0.15) is 118 Å². The van der Waals surface area contributed by atoms with E-state index in [-0.39, 0.29) is 24.4 Å². The number of carbonyl (C=O) groups is 3. The zero-order valence-electron chi connectivity index (χ0n) is 24.8. The minimum Gasteiger partial charge on any atom is -0.481 e. The number of hydrogen-bond donors (Lipinski definition) is 3. The summed E-state index contributed by atoms with van der Waals surface area (Å²) in [5.74, 6) is 2.94. The monoisotopic (exact) mass is 548 g/mol. The fourth-order valence-electron chi connectivity index (χ4n) is 9.11. The van der Waals surface area contributed by atoms with Crippen molar-refractivity contribution in [1.29, 1.82) is 0 Å².